The third-order valence-corrected chi connectivity index (χ3v) is 5.10. The van der Waals surface area contributed by atoms with Crippen LogP contribution in [0, 0.1) is 0 Å². The van der Waals surface area contributed by atoms with Crippen LogP contribution in [0.2, 0.25) is 10.0 Å². The molecule has 0 fully saturated rings. The number of H-pyrrole nitrogens is 1. The number of fused-ring (bicyclic) bond motifs is 1. The number of carbonyl (C=O) groups is 1. The molecule has 0 saturated heterocycles. The monoisotopic (exact) mass is 419 g/mol. The fraction of sp³-hybridized carbons (Fsp3) is 0. The molecular weight excluding hydrogens is 405 g/mol. The zero-order valence-electron chi connectivity index (χ0n) is 15.2. The van der Waals surface area contributed by atoms with Crippen molar-refractivity contribution >= 4 is 46.0 Å². The summed E-state index contributed by atoms with van der Waals surface area (Å²) in [6.45, 7) is 0. The first-order valence-electron chi connectivity index (χ1n) is 8.92. The van der Waals surface area contributed by atoms with Crippen molar-refractivity contribution in [3.05, 3.63) is 110 Å². The molecule has 4 rings (SSSR count). The number of nitrogens with one attached hydrogen (secondary N) is 1. The molecule has 0 atom stereocenters. The van der Waals surface area contributed by atoms with Crippen molar-refractivity contribution in [1.29, 1.82) is 0 Å². The second-order valence-corrected chi connectivity index (χ2v) is 7.38. The number of aromatic amines is 1. The van der Waals surface area contributed by atoms with Crippen molar-refractivity contribution in [2.24, 2.45) is 0 Å². The van der Waals surface area contributed by atoms with Crippen LogP contribution < -0.4 is 5.56 Å². The summed E-state index contributed by atoms with van der Waals surface area (Å²) in [5.41, 5.74) is 2.48. The summed E-state index contributed by atoms with van der Waals surface area (Å²) in [5, 5.41) is 1.99. The van der Waals surface area contributed by atoms with Gasteiger partial charge in [-0.15, -0.1) is 0 Å². The number of rotatable bonds is 4. The molecule has 29 heavy (non-hydrogen) atoms. The lowest BCUT2D eigenvalue weighted by atomic mass is 9.94. The zero-order chi connectivity index (χ0) is 20.4. The molecule has 0 aliphatic rings. The highest BCUT2D eigenvalue weighted by molar-refractivity contribution is 6.31. The van der Waals surface area contributed by atoms with E-state index in [1.165, 1.54) is 6.08 Å². The molecule has 0 amide bonds. The fourth-order valence-corrected chi connectivity index (χ4v) is 3.48. The van der Waals surface area contributed by atoms with Gasteiger partial charge in [-0.1, -0.05) is 71.7 Å². The molecule has 142 valence electrons. The largest absolute Gasteiger partial charge is 0.321 e. The molecule has 4 aromatic rings. The number of ketones is 1. The lowest BCUT2D eigenvalue weighted by molar-refractivity contribution is 0.104. The Balaban J connectivity index is 1.89. The third-order valence-electron chi connectivity index (χ3n) is 4.60. The van der Waals surface area contributed by atoms with Gasteiger partial charge in [-0.25, -0.2) is 0 Å². The smallest absolute Gasteiger partial charge is 0.260 e. The second kappa shape index (κ2) is 8.08. The standard InChI is InChI=1S/C24H15Cl2NO2/c25-17-10-5-15(6-11-17)7-14-21(28)23-22(16-8-12-18(26)13-9-16)19-3-1-2-4-20(19)27-24(23)29/h1-14H,(H,27,29)/b14-7+. The topological polar surface area (TPSA) is 49.9 Å². The van der Waals surface area contributed by atoms with Crippen LogP contribution in [-0.4, -0.2) is 10.8 Å². The highest BCUT2D eigenvalue weighted by Crippen LogP contribution is 2.31. The molecule has 0 bridgehead atoms. The number of benzene rings is 3. The van der Waals surface area contributed by atoms with Gasteiger partial charge >= 0.3 is 0 Å². The lowest BCUT2D eigenvalue weighted by Gasteiger charge is -2.11. The predicted octanol–water partition coefficient (Wildman–Crippen LogP) is 6.40. The minimum absolute atomic E-state index is 0.0937. The maximum Gasteiger partial charge on any atom is 0.260 e. The predicted molar refractivity (Wildman–Crippen MR) is 120 cm³/mol. The van der Waals surface area contributed by atoms with Gasteiger partial charge < -0.3 is 4.98 Å². The lowest BCUT2D eigenvalue weighted by Crippen LogP contribution is -2.18. The van der Waals surface area contributed by atoms with Crippen molar-refractivity contribution in [1.82, 2.24) is 4.98 Å². The summed E-state index contributed by atoms with van der Waals surface area (Å²) < 4.78 is 0. The summed E-state index contributed by atoms with van der Waals surface area (Å²) >= 11 is 11.9. The number of hydrogen-bond donors (Lipinski definition) is 1. The minimum atomic E-state index is -0.431. The van der Waals surface area contributed by atoms with Crippen LogP contribution in [0.3, 0.4) is 0 Å². The van der Waals surface area contributed by atoms with E-state index in [1.54, 1.807) is 42.5 Å². The molecule has 3 aromatic carbocycles. The van der Waals surface area contributed by atoms with Gasteiger partial charge in [0, 0.05) is 26.5 Å². The van der Waals surface area contributed by atoms with E-state index in [2.05, 4.69) is 4.98 Å². The molecule has 1 N–H and O–H groups in total. The molecule has 0 aliphatic carbocycles. The Kier molecular flexibility index (Phi) is 5.34. The maximum absolute atomic E-state index is 13.1. The van der Waals surface area contributed by atoms with E-state index in [-0.39, 0.29) is 11.3 Å². The van der Waals surface area contributed by atoms with Crippen LogP contribution in [0.15, 0.2) is 83.7 Å². The molecule has 0 radical (unpaired) electrons. The van der Waals surface area contributed by atoms with E-state index in [1.807, 2.05) is 36.4 Å². The van der Waals surface area contributed by atoms with Gasteiger partial charge in [0.2, 0.25) is 0 Å². The van der Waals surface area contributed by atoms with Crippen LogP contribution in [0.1, 0.15) is 15.9 Å². The first-order valence-corrected chi connectivity index (χ1v) is 9.67. The van der Waals surface area contributed by atoms with Crippen molar-refractivity contribution < 1.29 is 4.79 Å². The highest BCUT2D eigenvalue weighted by Gasteiger charge is 2.19. The van der Waals surface area contributed by atoms with Crippen LogP contribution in [-0.2, 0) is 0 Å². The first kappa shape index (κ1) is 19.2. The summed E-state index contributed by atoms with van der Waals surface area (Å²) in [6, 6.07) is 21.6. The van der Waals surface area contributed by atoms with Gasteiger partial charge in [0.1, 0.15) is 0 Å². The molecule has 1 heterocycles. The number of pyridine rings is 1. The number of carbonyl (C=O) groups excluding carboxylic acids is 1. The van der Waals surface area contributed by atoms with Gasteiger partial charge in [0.05, 0.1) is 5.56 Å². The molecule has 3 nitrogen and oxygen atoms in total. The Morgan fingerprint density at radius 2 is 1.45 bits per heavy atom. The Morgan fingerprint density at radius 1 is 0.828 bits per heavy atom. The Hall–Kier alpha value is -3.14. The number of allylic oxidation sites excluding steroid dienone is 1. The average Bonchev–Trinajstić information content (AvgIpc) is 2.73. The molecule has 0 aliphatic heterocycles. The number of para-hydroxylation sites is 1. The zero-order valence-corrected chi connectivity index (χ0v) is 16.7. The van der Waals surface area contributed by atoms with E-state index in [0.717, 1.165) is 16.5 Å². The normalized spacial score (nSPS) is 11.2. The van der Waals surface area contributed by atoms with Gasteiger partial charge in [-0.2, -0.15) is 0 Å². The summed E-state index contributed by atoms with van der Waals surface area (Å²) in [6.07, 6.45) is 3.07. The van der Waals surface area contributed by atoms with Crippen LogP contribution in [0.5, 0.6) is 0 Å². The quantitative estimate of drug-likeness (QED) is 0.307. The molecular formula is C24H15Cl2NO2. The van der Waals surface area contributed by atoms with Crippen molar-refractivity contribution in [2.45, 2.75) is 0 Å². The minimum Gasteiger partial charge on any atom is -0.321 e. The molecule has 0 spiro atoms. The number of aromatic nitrogens is 1. The summed E-state index contributed by atoms with van der Waals surface area (Å²) in [7, 11) is 0. The number of halogens is 2. The van der Waals surface area contributed by atoms with Crippen molar-refractivity contribution in [3.8, 4) is 11.1 Å². The molecule has 0 unspecified atom stereocenters. The van der Waals surface area contributed by atoms with Gasteiger partial charge in [-0.3, -0.25) is 9.59 Å². The molecule has 5 heteroatoms. The van der Waals surface area contributed by atoms with E-state index >= 15 is 0 Å². The second-order valence-electron chi connectivity index (χ2n) is 6.51. The first-order chi connectivity index (χ1) is 14.0. The Labute approximate surface area is 177 Å². The SMILES string of the molecule is O=C(/C=C/c1ccc(Cl)cc1)c1c(-c2ccc(Cl)cc2)c2ccccc2[nH]c1=O. The van der Waals surface area contributed by atoms with E-state index in [4.69, 9.17) is 23.2 Å². The number of hydrogen-bond acceptors (Lipinski definition) is 2. The van der Waals surface area contributed by atoms with E-state index in [9.17, 15) is 9.59 Å². The van der Waals surface area contributed by atoms with Crippen molar-refractivity contribution in [3.63, 3.8) is 0 Å². The van der Waals surface area contributed by atoms with E-state index in [0.29, 0.717) is 21.1 Å². The third kappa shape index (κ3) is 4.02. The average molecular weight is 420 g/mol. The van der Waals surface area contributed by atoms with Gasteiger partial charge in [-0.05, 0) is 47.5 Å². The maximum atomic E-state index is 13.1. The summed E-state index contributed by atoms with van der Waals surface area (Å²) in [5.74, 6) is -0.378. The van der Waals surface area contributed by atoms with Crippen LogP contribution in [0.4, 0.5) is 0 Å². The Morgan fingerprint density at radius 3 is 2.14 bits per heavy atom. The summed E-state index contributed by atoms with van der Waals surface area (Å²) in [4.78, 5) is 28.7. The van der Waals surface area contributed by atoms with Gasteiger partial charge in [0.25, 0.3) is 5.56 Å². The van der Waals surface area contributed by atoms with Crippen LogP contribution >= 0.6 is 23.2 Å². The van der Waals surface area contributed by atoms with Crippen molar-refractivity contribution in [2.75, 3.05) is 0 Å². The molecule has 0 saturated carbocycles. The van der Waals surface area contributed by atoms with Crippen LogP contribution in [0.25, 0.3) is 28.1 Å². The Bertz CT molecular complexity index is 1290. The van der Waals surface area contributed by atoms with E-state index < -0.39 is 5.56 Å². The fourth-order valence-electron chi connectivity index (χ4n) is 3.22. The highest BCUT2D eigenvalue weighted by atomic mass is 35.5. The van der Waals surface area contributed by atoms with Gasteiger partial charge in [0.15, 0.2) is 5.78 Å². The molecule has 1 aromatic heterocycles.